The molecule has 2 nitrogen and oxygen atoms in total. The van der Waals surface area contributed by atoms with Crippen molar-refractivity contribution in [1.29, 1.82) is 0 Å². The van der Waals surface area contributed by atoms with Crippen LogP contribution in [0.5, 0.6) is 0 Å². The maximum Gasteiger partial charge on any atom is 0.190 e. The van der Waals surface area contributed by atoms with Gasteiger partial charge >= 0.3 is 0 Å². The van der Waals surface area contributed by atoms with Crippen molar-refractivity contribution >= 4 is 22.3 Å². The number of carbonyl (C=O) groups excluding carboxylic acids is 2. The minimum Gasteiger partial charge on any atom is -0.293 e. The first-order chi connectivity index (χ1) is 11.7. The second-order valence-electron chi connectivity index (χ2n) is 6.47. The van der Waals surface area contributed by atoms with E-state index in [1.165, 1.54) is 0 Å². The van der Waals surface area contributed by atoms with Crippen molar-refractivity contribution in [2.75, 3.05) is 0 Å². The van der Waals surface area contributed by atoms with Crippen LogP contribution < -0.4 is 0 Å². The van der Waals surface area contributed by atoms with E-state index in [4.69, 9.17) is 0 Å². The minimum absolute atomic E-state index is 0.0152. The topological polar surface area (TPSA) is 34.1 Å². The first-order valence-electron chi connectivity index (χ1n) is 8.12. The lowest BCUT2D eigenvalue weighted by Gasteiger charge is -2.30. The molecular weight excluding hydrogens is 296 g/mol. The van der Waals surface area contributed by atoms with E-state index in [1.807, 2.05) is 66.8 Å². The number of benzene rings is 2. The smallest absolute Gasteiger partial charge is 0.190 e. The number of allylic oxidation sites excluding steroid dienone is 8. The third kappa shape index (κ3) is 1.77. The Balaban J connectivity index is 1.74. The van der Waals surface area contributed by atoms with Gasteiger partial charge in [0.05, 0.1) is 5.92 Å². The normalized spacial score (nSPS) is 24.2. The van der Waals surface area contributed by atoms with E-state index in [1.54, 1.807) is 0 Å². The van der Waals surface area contributed by atoms with Crippen LogP contribution in [0.4, 0.5) is 0 Å². The standard InChI is InChI=1S/C22H14O2/c23-21-17-9-13-5-1-2-6-14(13)10-18(17)22(24)20-12-16-8-4-3-7-15(16)11-19(20)21/h1-13,18H. The van der Waals surface area contributed by atoms with Crippen LogP contribution in [0, 0.1) is 11.8 Å². The fourth-order valence-corrected chi connectivity index (χ4v) is 3.86. The Morgan fingerprint density at radius 2 is 1.58 bits per heavy atom. The van der Waals surface area contributed by atoms with E-state index in [0.717, 1.165) is 16.3 Å². The lowest BCUT2D eigenvalue weighted by atomic mass is 9.71. The van der Waals surface area contributed by atoms with Gasteiger partial charge in [-0.3, -0.25) is 9.59 Å². The summed E-state index contributed by atoms with van der Waals surface area (Å²) < 4.78 is 0. The van der Waals surface area contributed by atoms with Crippen LogP contribution in [-0.4, -0.2) is 11.6 Å². The Kier molecular flexibility index (Phi) is 2.66. The van der Waals surface area contributed by atoms with Gasteiger partial charge in [-0.25, -0.2) is 0 Å². The SMILES string of the molecule is O=C1C2=CC3C=CC=CC3=CC2C(=O)c2cc3ccccc3cc21. The van der Waals surface area contributed by atoms with Crippen molar-refractivity contribution in [3.8, 4) is 0 Å². The maximum absolute atomic E-state index is 13.0. The summed E-state index contributed by atoms with van der Waals surface area (Å²) in [5.41, 5.74) is 2.80. The molecule has 0 N–H and O–H groups in total. The van der Waals surface area contributed by atoms with Gasteiger partial charge in [0.1, 0.15) is 0 Å². The zero-order valence-corrected chi connectivity index (χ0v) is 12.9. The highest BCUT2D eigenvalue weighted by Crippen LogP contribution is 2.39. The number of ketones is 2. The van der Waals surface area contributed by atoms with E-state index in [9.17, 15) is 9.59 Å². The van der Waals surface area contributed by atoms with E-state index in [0.29, 0.717) is 16.7 Å². The Morgan fingerprint density at radius 1 is 0.833 bits per heavy atom. The average Bonchev–Trinajstić information content (AvgIpc) is 2.64. The molecule has 0 spiro atoms. The molecule has 0 bridgehead atoms. The highest BCUT2D eigenvalue weighted by Gasteiger charge is 2.38. The Hall–Kier alpha value is -3.00. The van der Waals surface area contributed by atoms with Crippen molar-refractivity contribution in [2.45, 2.75) is 0 Å². The van der Waals surface area contributed by atoms with Crippen molar-refractivity contribution in [3.63, 3.8) is 0 Å². The molecule has 0 aliphatic heterocycles. The summed E-state index contributed by atoms with van der Waals surface area (Å²) in [7, 11) is 0. The van der Waals surface area contributed by atoms with Gasteiger partial charge in [0, 0.05) is 22.6 Å². The molecule has 0 aromatic heterocycles. The fourth-order valence-electron chi connectivity index (χ4n) is 3.86. The van der Waals surface area contributed by atoms with Crippen molar-refractivity contribution in [3.05, 3.63) is 95.1 Å². The Morgan fingerprint density at radius 3 is 2.38 bits per heavy atom. The molecule has 2 heteroatoms. The fraction of sp³-hybridized carbons (Fsp3) is 0.0909. The van der Waals surface area contributed by atoms with Gasteiger partial charge in [-0.1, -0.05) is 60.7 Å². The lowest BCUT2D eigenvalue weighted by Crippen LogP contribution is -2.31. The summed E-state index contributed by atoms with van der Waals surface area (Å²) >= 11 is 0. The molecule has 2 atom stereocenters. The van der Waals surface area contributed by atoms with Gasteiger partial charge in [0.15, 0.2) is 11.6 Å². The quantitative estimate of drug-likeness (QED) is 0.720. The summed E-state index contributed by atoms with van der Waals surface area (Å²) in [5, 5.41) is 1.98. The third-order valence-electron chi connectivity index (χ3n) is 5.10. The summed E-state index contributed by atoms with van der Waals surface area (Å²) in [6.45, 7) is 0. The molecule has 2 unspecified atom stereocenters. The third-order valence-corrected chi connectivity index (χ3v) is 5.10. The summed E-state index contributed by atoms with van der Waals surface area (Å²) in [6, 6.07) is 11.6. The molecular formula is C22H14O2. The molecule has 2 aromatic rings. The largest absolute Gasteiger partial charge is 0.293 e. The predicted octanol–water partition coefficient (Wildman–Crippen LogP) is 4.44. The number of Topliss-reactive ketones (excluding diaryl/α,β-unsaturated/α-hetero) is 2. The highest BCUT2D eigenvalue weighted by molar-refractivity contribution is 6.25. The van der Waals surface area contributed by atoms with Crippen molar-refractivity contribution in [1.82, 2.24) is 0 Å². The predicted molar refractivity (Wildman–Crippen MR) is 94.0 cm³/mol. The van der Waals surface area contributed by atoms with Crippen molar-refractivity contribution in [2.24, 2.45) is 11.8 Å². The molecule has 0 fully saturated rings. The first kappa shape index (κ1) is 13.4. The van der Waals surface area contributed by atoms with Gasteiger partial charge in [-0.05, 0) is 28.5 Å². The van der Waals surface area contributed by atoms with Gasteiger partial charge in [-0.15, -0.1) is 0 Å². The van der Waals surface area contributed by atoms with Gasteiger partial charge < -0.3 is 0 Å². The second kappa shape index (κ2) is 4.75. The summed E-state index contributed by atoms with van der Waals surface area (Å²) in [4.78, 5) is 26.1. The molecule has 2 aromatic carbocycles. The van der Waals surface area contributed by atoms with Crippen LogP contribution in [0.15, 0.2) is 84.0 Å². The Labute approximate surface area is 139 Å². The number of rotatable bonds is 0. The number of hydrogen-bond donors (Lipinski definition) is 0. The second-order valence-corrected chi connectivity index (χ2v) is 6.47. The highest BCUT2D eigenvalue weighted by atomic mass is 16.1. The van der Waals surface area contributed by atoms with Crippen LogP contribution in [0.1, 0.15) is 20.7 Å². The molecule has 0 radical (unpaired) electrons. The maximum atomic E-state index is 13.0. The zero-order valence-electron chi connectivity index (χ0n) is 12.9. The number of fused-ring (bicyclic) bond motifs is 4. The van der Waals surface area contributed by atoms with E-state index in [2.05, 4.69) is 6.08 Å². The van der Waals surface area contributed by atoms with E-state index in [-0.39, 0.29) is 17.5 Å². The van der Waals surface area contributed by atoms with E-state index >= 15 is 0 Å². The van der Waals surface area contributed by atoms with Gasteiger partial charge in [-0.2, -0.15) is 0 Å². The first-order valence-corrected chi connectivity index (χ1v) is 8.12. The Bertz CT molecular complexity index is 1050. The molecule has 114 valence electrons. The number of hydrogen-bond acceptors (Lipinski definition) is 2. The van der Waals surface area contributed by atoms with E-state index < -0.39 is 5.92 Å². The molecule has 0 saturated heterocycles. The van der Waals surface area contributed by atoms with Crippen LogP contribution in [0.25, 0.3) is 10.8 Å². The summed E-state index contributed by atoms with van der Waals surface area (Å²) in [6.07, 6.45) is 11.9. The lowest BCUT2D eigenvalue weighted by molar-refractivity contribution is 0.0902. The van der Waals surface area contributed by atoms with Crippen LogP contribution in [-0.2, 0) is 0 Å². The zero-order chi connectivity index (χ0) is 16.3. The monoisotopic (exact) mass is 310 g/mol. The summed E-state index contributed by atoms with van der Waals surface area (Å²) in [5.74, 6) is -0.345. The van der Waals surface area contributed by atoms with Gasteiger partial charge in [0.25, 0.3) is 0 Å². The molecule has 0 amide bonds. The average molecular weight is 310 g/mol. The molecule has 3 aliphatic rings. The molecule has 5 rings (SSSR count). The van der Waals surface area contributed by atoms with Crippen LogP contribution in [0.2, 0.25) is 0 Å². The van der Waals surface area contributed by atoms with Gasteiger partial charge in [0.2, 0.25) is 0 Å². The van der Waals surface area contributed by atoms with Crippen molar-refractivity contribution < 1.29 is 9.59 Å². The molecule has 0 heterocycles. The molecule has 3 aliphatic carbocycles. The molecule has 24 heavy (non-hydrogen) atoms. The minimum atomic E-state index is -0.450. The van der Waals surface area contributed by atoms with Crippen LogP contribution >= 0.6 is 0 Å². The number of carbonyl (C=O) groups is 2. The molecule has 0 saturated carbocycles. The van der Waals surface area contributed by atoms with Crippen LogP contribution in [0.3, 0.4) is 0 Å².